The van der Waals surface area contributed by atoms with Crippen LogP contribution in [0.4, 0.5) is 10.1 Å². The number of nitrogens with one attached hydrogen (secondary N) is 1. The number of fused-ring (bicyclic) bond motifs is 1. The molecule has 10 heteroatoms. The number of carboxylic acids is 2. The Hall–Kier alpha value is -4.15. The van der Waals surface area contributed by atoms with Crippen molar-refractivity contribution in [2.75, 3.05) is 25.5 Å². The van der Waals surface area contributed by atoms with Gasteiger partial charge in [-0.1, -0.05) is 0 Å². The van der Waals surface area contributed by atoms with Gasteiger partial charge in [0.1, 0.15) is 12.2 Å². The molecule has 0 atom stereocenters. The third kappa shape index (κ3) is 9.27. The molecule has 0 fully saturated rings. The quantitative estimate of drug-likeness (QED) is 0.230. The summed E-state index contributed by atoms with van der Waals surface area (Å²) < 4.78 is 14.3. The van der Waals surface area contributed by atoms with Gasteiger partial charge in [-0.2, -0.15) is 0 Å². The maximum atomic E-state index is 13.1. The standard InChI is InChI=1S/C26H26FN3OS.C3H4O4/c1-18-23(12-16-30(2)15-11-19-9-13-28-14-10-19)24-17-22(7-8-25(24)32-18)29-26(31)20-3-5-21(27)6-4-20;4-2(5)1-3(6)7/h3-10,13-14,17H,11-12,15-16H2,1-2H3,(H,29,31);1H2,(H,4,5)(H,6,7). The number of benzene rings is 2. The molecule has 0 aliphatic rings. The molecule has 39 heavy (non-hydrogen) atoms. The first-order valence-electron chi connectivity index (χ1n) is 12.2. The normalized spacial score (nSPS) is 10.7. The van der Waals surface area contributed by atoms with Crippen LogP contribution in [0.2, 0.25) is 0 Å². The summed E-state index contributed by atoms with van der Waals surface area (Å²) in [4.78, 5) is 39.1. The van der Waals surface area contributed by atoms with Gasteiger partial charge in [-0.3, -0.25) is 19.4 Å². The summed E-state index contributed by atoms with van der Waals surface area (Å²) in [5.74, 6) is -3.22. The van der Waals surface area contributed by atoms with Gasteiger partial charge < -0.3 is 20.4 Å². The first kappa shape index (κ1) is 29.4. The van der Waals surface area contributed by atoms with Crippen LogP contribution in [0.15, 0.2) is 67.0 Å². The van der Waals surface area contributed by atoms with Crippen LogP contribution in [0.1, 0.15) is 32.8 Å². The highest BCUT2D eigenvalue weighted by molar-refractivity contribution is 7.19. The van der Waals surface area contributed by atoms with Gasteiger partial charge >= 0.3 is 11.9 Å². The van der Waals surface area contributed by atoms with Crippen molar-refractivity contribution in [1.29, 1.82) is 0 Å². The number of aryl methyl sites for hydroxylation is 1. The predicted molar refractivity (Wildman–Crippen MR) is 150 cm³/mol. The van der Waals surface area contributed by atoms with E-state index in [0.29, 0.717) is 5.56 Å². The van der Waals surface area contributed by atoms with E-state index in [1.54, 1.807) is 11.3 Å². The highest BCUT2D eigenvalue weighted by atomic mass is 32.1. The molecule has 2 aromatic heterocycles. The molecule has 0 saturated heterocycles. The van der Waals surface area contributed by atoms with Crippen molar-refractivity contribution in [3.05, 3.63) is 94.4 Å². The summed E-state index contributed by atoms with van der Waals surface area (Å²) in [6, 6.07) is 15.7. The molecule has 8 nitrogen and oxygen atoms in total. The Morgan fingerprint density at radius 1 is 0.949 bits per heavy atom. The Morgan fingerprint density at radius 3 is 2.21 bits per heavy atom. The van der Waals surface area contributed by atoms with Crippen molar-refractivity contribution in [3.63, 3.8) is 0 Å². The van der Waals surface area contributed by atoms with Gasteiger partial charge in [0, 0.05) is 46.3 Å². The fourth-order valence-electron chi connectivity index (χ4n) is 3.88. The average Bonchev–Trinajstić information content (AvgIpc) is 3.21. The second-order valence-electron chi connectivity index (χ2n) is 8.93. The van der Waals surface area contributed by atoms with Crippen molar-refractivity contribution in [2.24, 2.45) is 0 Å². The van der Waals surface area contributed by atoms with E-state index in [2.05, 4.69) is 47.4 Å². The molecule has 204 valence electrons. The van der Waals surface area contributed by atoms with Crippen LogP contribution in [0.5, 0.6) is 0 Å². The molecule has 0 radical (unpaired) electrons. The van der Waals surface area contributed by atoms with Crippen molar-refractivity contribution in [1.82, 2.24) is 9.88 Å². The number of pyridine rings is 1. The topological polar surface area (TPSA) is 120 Å². The van der Waals surface area contributed by atoms with Gasteiger partial charge in [-0.25, -0.2) is 4.39 Å². The zero-order valence-electron chi connectivity index (χ0n) is 21.7. The third-order valence-electron chi connectivity index (χ3n) is 5.93. The number of nitrogens with zero attached hydrogens (tertiary/aromatic N) is 2. The lowest BCUT2D eigenvalue weighted by Crippen LogP contribution is -2.24. The number of likely N-dealkylation sites (N-methyl/N-ethyl adjacent to an activating group) is 1. The number of aliphatic carboxylic acids is 2. The van der Waals surface area contributed by atoms with E-state index in [-0.39, 0.29) is 11.7 Å². The molecule has 0 aliphatic carbocycles. The number of thiophene rings is 1. The van der Waals surface area contributed by atoms with Crippen LogP contribution < -0.4 is 5.32 Å². The predicted octanol–water partition coefficient (Wildman–Crippen LogP) is 5.26. The summed E-state index contributed by atoms with van der Waals surface area (Å²) in [5.41, 5.74) is 3.81. The number of halogens is 1. The Morgan fingerprint density at radius 2 is 1.59 bits per heavy atom. The third-order valence-corrected chi connectivity index (χ3v) is 7.06. The molecule has 0 aliphatic heterocycles. The molecule has 4 rings (SSSR count). The molecule has 3 N–H and O–H groups in total. The second-order valence-corrected chi connectivity index (χ2v) is 10.2. The van der Waals surface area contributed by atoms with E-state index in [1.807, 2.05) is 24.5 Å². The summed E-state index contributed by atoms with van der Waals surface area (Å²) in [5, 5.41) is 19.5. The Kier molecular flexibility index (Phi) is 10.7. The Bertz CT molecular complexity index is 1410. The Labute approximate surface area is 229 Å². The first-order valence-corrected chi connectivity index (χ1v) is 13.0. The molecular weight excluding hydrogens is 521 g/mol. The van der Waals surface area contributed by atoms with E-state index < -0.39 is 18.4 Å². The number of aromatic nitrogens is 1. The van der Waals surface area contributed by atoms with E-state index >= 15 is 0 Å². The summed E-state index contributed by atoms with van der Waals surface area (Å²) in [6.07, 6.45) is 4.82. The lowest BCUT2D eigenvalue weighted by atomic mass is 10.1. The van der Waals surface area contributed by atoms with Gasteiger partial charge in [0.2, 0.25) is 0 Å². The minimum Gasteiger partial charge on any atom is -0.481 e. The van der Waals surface area contributed by atoms with Crippen LogP contribution in [-0.4, -0.2) is 58.1 Å². The molecule has 2 aromatic carbocycles. The first-order chi connectivity index (χ1) is 18.6. The van der Waals surface area contributed by atoms with Crippen LogP contribution in [0.25, 0.3) is 10.1 Å². The zero-order chi connectivity index (χ0) is 28.4. The fourth-order valence-corrected chi connectivity index (χ4v) is 4.97. The van der Waals surface area contributed by atoms with Crippen molar-refractivity contribution in [3.8, 4) is 0 Å². The molecular formula is C29H30FN3O5S. The molecule has 2 heterocycles. The number of hydrogen-bond donors (Lipinski definition) is 3. The maximum absolute atomic E-state index is 13.1. The van der Waals surface area contributed by atoms with Gasteiger partial charge in [0.05, 0.1) is 0 Å². The van der Waals surface area contributed by atoms with Crippen LogP contribution in [0.3, 0.4) is 0 Å². The lowest BCUT2D eigenvalue weighted by Gasteiger charge is -2.16. The largest absolute Gasteiger partial charge is 0.481 e. The minimum absolute atomic E-state index is 0.242. The fraction of sp³-hybridized carbons (Fsp3) is 0.241. The van der Waals surface area contributed by atoms with Gasteiger partial charge in [-0.15, -0.1) is 11.3 Å². The molecule has 0 spiro atoms. The van der Waals surface area contributed by atoms with Crippen LogP contribution in [-0.2, 0) is 22.4 Å². The molecule has 4 aromatic rings. The smallest absolute Gasteiger partial charge is 0.314 e. The van der Waals surface area contributed by atoms with Crippen LogP contribution >= 0.6 is 11.3 Å². The van der Waals surface area contributed by atoms with Crippen molar-refractivity contribution < 1.29 is 29.0 Å². The van der Waals surface area contributed by atoms with E-state index in [0.717, 1.165) is 31.6 Å². The van der Waals surface area contributed by atoms with Gasteiger partial charge in [0.25, 0.3) is 5.91 Å². The number of carbonyl (C=O) groups is 3. The van der Waals surface area contributed by atoms with E-state index in [4.69, 9.17) is 10.2 Å². The lowest BCUT2D eigenvalue weighted by molar-refractivity contribution is -0.147. The highest BCUT2D eigenvalue weighted by Gasteiger charge is 2.13. The Balaban J connectivity index is 0.000000532. The summed E-state index contributed by atoms with van der Waals surface area (Å²) in [6.45, 7) is 4.11. The summed E-state index contributed by atoms with van der Waals surface area (Å²) in [7, 11) is 2.15. The van der Waals surface area contributed by atoms with Gasteiger partial charge in [0.15, 0.2) is 0 Å². The van der Waals surface area contributed by atoms with E-state index in [9.17, 15) is 18.8 Å². The number of carbonyl (C=O) groups excluding carboxylic acids is 1. The number of hydrogen-bond acceptors (Lipinski definition) is 6. The number of amides is 1. The maximum Gasteiger partial charge on any atom is 0.314 e. The number of carboxylic acid groups (broad SMARTS) is 2. The molecule has 0 saturated carbocycles. The number of anilines is 1. The van der Waals surface area contributed by atoms with Crippen LogP contribution in [0, 0.1) is 12.7 Å². The van der Waals surface area contributed by atoms with Crippen molar-refractivity contribution in [2.45, 2.75) is 26.2 Å². The number of rotatable bonds is 10. The molecule has 1 amide bonds. The molecule has 0 unspecified atom stereocenters. The monoisotopic (exact) mass is 551 g/mol. The second kappa shape index (κ2) is 14.1. The highest BCUT2D eigenvalue weighted by Crippen LogP contribution is 2.33. The zero-order valence-corrected chi connectivity index (χ0v) is 22.5. The summed E-state index contributed by atoms with van der Waals surface area (Å²) >= 11 is 1.79. The van der Waals surface area contributed by atoms with Crippen molar-refractivity contribution >= 4 is 45.0 Å². The minimum atomic E-state index is -1.31. The van der Waals surface area contributed by atoms with Gasteiger partial charge in [-0.05, 0) is 97.9 Å². The SMILES string of the molecule is Cc1sc2ccc(NC(=O)c3ccc(F)cc3)cc2c1CCN(C)CCc1ccncc1.O=C(O)CC(=O)O. The van der Waals surface area contributed by atoms with E-state index in [1.165, 1.54) is 50.4 Å². The molecule has 0 bridgehead atoms. The average molecular weight is 552 g/mol.